The Bertz CT molecular complexity index is 1220. The van der Waals surface area contributed by atoms with E-state index in [2.05, 4.69) is 0 Å². The topological polar surface area (TPSA) is 77.5 Å². The molecule has 0 aromatic heterocycles. The lowest BCUT2D eigenvalue weighted by Gasteiger charge is -2.30. The van der Waals surface area contributed by atoms with Crippen LogP contribution >= 0.6 is 0 Å². The van der Waals surface area contributed by atoms with Gasteiger partial charge in [0, 0.05) is 5.56 Å². The molecule has 8 heteroatoms. The number of fused-ring (bicyclic) bond motifs is 1. The molecule has 2 heterocycles. The van der Waals surface area contributed by atoms with Crippen LogP contribution in [0.4, 0.5) is 11.4 Å². The summed E-state index contributed by atoms with van der Waals surface area (Å²) >= 11 is 0. The van der Waals surface area contributed by atoms with Crippen molar-refractivity contribution < 1.29 is 28.6 Å². The van der Waals surface area contributed by atoms with E-state index in [4.69, 9.17) is 19.0 Å². The minimum Gasteiger partial charge on any atom is -0.493 e. The van der Waals surface area contributed by atoms with E-state index in [1.807, 2.05) is 42.5 Å². The van der Waals surface area contributed by atoms with E-state index in [1.54, 1.807) is 42.5 Å². The van der Waals surface area contributed by atoms with Crippen molar-refractivity contribution in [1.82, 2.24) is 0 Å². The molecule has 0 radical (unpaired) electrons. The van der Waals surface area contributed by atoms with Crippen molar-refractivity contribution in [3.63, 3.8) is 0 Å². The van der Waals surface area contributed by atoms with Crippen molar-refractivity contribution in [3.8, 4) is 17.2 Å². The summed E-state index contributed by atoms with van der Waals surface area (Å²) in [6.45, 7) is 0. The summed E-state index contributed by atoms with van der Waals surface area (Å²) < 4.78 is 16.7. The number of para-hydroxylation sites is 2. The minimum absolute atomic E-state index is 0.332. The minimum atomic E-state index is -0.976. The van der Waals surface area contributed by atoms with Crippen molar-refractivity contribution in [2.24, 2.45) is 5.92 Å². The lowest BCUT2D eigenvalue weighted by molar-refractivity contribution is -0.126. The van der Waals surface area contributed by atoms with E-state index in [0.717, 1.165) is 0 Å². The van der Waals surface area contributed by atoms with Gasteiger partial charge in [-0.1, -0.05) is 36.4 Å². The molecule has 0 unspecified atom stereocenters. The van der Waals surface area contributed by atoms with Gasteiger partial charge in [0.25, 0.3) is 5.91 Å². The number of hydrogen-bond acceptors (Lipinski definition) is 7. The summed E-state index contributed by atoms with van der Waals surface area (Å²) in [7, 11) is 4.59. The van der Waals surface area contributed by atoms with Gasteiger partial charge < -0.3 is 14.2 Å². The van der Waals surface area contributed by atoms with E-state index in [0.29, 0.717) is 34.2 Å². The normalized spacial score (nSPS) is 21.6. The van der Waals surface area contributed by atoms with Gasteiger partial charge in [0.2, 0.25) is 11.7 Å². The summed E-state index contributed by atoms with van der Waals surface area (Å²) in [6, 6.07) is 21.2. The predicted molar refractivity (Wildman–Crippen MR) is 125 cm³/mol. The predicted octanol–water partition coefficient (Wildman–Crippen LogP) is 3.76. The van der Waals surface area contributed by atoms with Gasteiger partial charge in [0.05, 0.1) is 32.7 Å². The van der Waals surface area contributed by atoms with E-state index in [9.17, 15) is 9.59 Å². The molecule has 3 atom stereocenters. The van der Waals surface area contributed by atoms with Crippen LogP contribution in [-0.4, -0.2) is 39.2 Å². The largest absolute Gasteiger partial charge is 0.493 e. The molecule has 2 fully saturated rings. The first-order chi connectivity index (χ1) is 16.6. The number of imide groups is 1. The Balaban J connectivity index is 1.67. The Morgan fingerprint density at radius 2 is 1.32 bits per heavy atom. The number of methoxy groups -OCH3 is 3. The molecule has 2 saturated heterocycles. The second-order valence-corrected chi connectivity index (χ2v) is 7.93. The first-order valence-electron chi connectivity index (χ1n) is 10.8. The highest BCUT2D eigenvalue weighted by atomic mass is 16.7. The van der Waals surface area contributed by atoms with Crippen LogP contribution in [0.2, 0.25) is 0 Å². The second kappa shape index (κ2) is 8.72. The van der Waals surface area contributed by atoms with Gasteiger partial charge in [0.15, 0.2) is 17.6 Å². The van der Waals surface area contributed by atoms with Crippen molar-refractivity contribution in [3.05, 3.63) is 78.4 Å². The number of rotatable bonds is 6. The molecule has 174 valence electrons. The Kier molecular flexibility index (Phi) is 5.59. The number of benzene rings is 3. The number of ether oxygens (including phenoxy) is 3. The first kappa shape index (κ1) is 21.8. The summed E-state index contributed by atoms with van der Waals surface area (Å²) in [6.07, 6.45) is -0.976. The van der Waals surface area contributed by atoms with Gasteiger partial charge in [-0.15, -0.1) is 0 Å². The smallest absolute Gasteiger partial charge is 0.266 e. The van der Waals surface area contributed by atoms with Crippen LogP contribution in [0.5, 0.6) is 17.2 Å². The molecular formula is C26H24N2O6. The lowest BCUT2D eigenvalue weighted by Crippen LogP contribution is -2.37. The molecule has 34 heavy (non-hydrogen) atoms. The Morgan fingerprint density at radius 1 is 0.706 bits per heavy atom. The first-order valence-corrected chi connectivity index (χ1v) is 10.8. The summed E-state index contributed by atoms with van der Waals surface area (Å²) in [5.74, 6) is -0.221. The molecule has 0 N–H and O–H groups in total. The molecular weight excluding hydrogens is 436 g/mol. The molecule has 2 aliphatic heterocycles. The van der Waals surface area contributed by atoms with Gasteiger partial charge in [-0.05, 0) is 36.4 Å². The highest BCUT2D eigenvalue weighted by Crippen LogP contribution is 2.52. The third-order valence-electron chi connectivity index (χ3n) is 6.19. The molecule has 2 aliphatic rings. The fourth-order valence-electron chi connectivity index (χ4n) is 4.72. The van der Waals surface area contributed by atoms with E-state index in [-0.39, 0.29) is 5.91 Å². The molecule has 0 spiro atoms. The Labute approximate surface area is 197 Å². The molecule has 0 aliphatic carbocycles. The maximum atomic E-state index is 13.7. The molecule has 8 nitrogen and oxygen atoms in total. The number of nitrogens with zero attached hydrogens (tertiary/aromatic N) is 2. The zero-order valence-electron chi connectivity index (χ0n) is 19.0. The molecule has 3 aromatic carbocycles. The third kappa shape index (κ3) is 3.26. The lowest BCUT2D eigenvalue weighted by atomic mass is 9.89. The molecule has 3 aromatic rings. The van der Waals surface area contributed by atoms with Crippen LogP contribution < -0.4 is 24.2 Å². The Morgan fingerprint density at radius 3 is 1.91 bits per heavy atom. The maximum absolute atomic E-state index is 13.7. The van der Waals surface area contributed by atoms with E-state index < -0.39 is 24.0 Å². The quantitative estimate of drug-likeness (QED) is 0.519. The van der Waals surface area contributed by atoms with E-state index in [1.165, 1.54) is 19.1 Å². The van der Waals surface area contributed by atoms with Crippen LogP contribution in [0.15, 0.2) is 72.8 Å². The van der Waals surface area contributed by atoms with Gasteiger partial charge in [-0.2, -0.15) is 0 Å². The van der Waals surface area contributed by atoms with Crippen LogP contribution in [0, 0.1) is 5.92 Å². The molecule has 0 saturated carbocycles. The monoisotopic (exact) mass is 460 g/mol. The Hall–Kier alpha value is -4.04. The zero-order valence-corrected chi connectivity index (χ0v) is 19.0. The average molecular weight is 460 g/mol. The van der Waals surface area contributed by atoms with Gasteiger partial charge >= 0.3 is 0 Å². The third-order valence-corrected chi connectivity index (χ3v) is 6.19. The van der Waals surface area contributed by atoms with Crippen LogP contribution in [-0.2, 0) is 14.4 Å². The van der Waals surface area contributed by atoms with E-state index >= 15 is 0 Å². The van der Waals surface area contributed by atoms with Crippen molar-refractivity contribution >= 4 is 23.2 Å². The summed E-state index contributed by atoms with van der Waals surface area (Å²) in [5, 5.41) is 1.62. The maximum Gasteiger partial charge on any atom is 0.266 e. The second-order valence-electron chi connectivity index (χ2n) is 7.93. The molecule has 5 rings (SSSR count). The van der Waals surface area contributed by atoms with Crippen molar-refractivity contribution in [1.29, 1.82) is 0 Å². The fraction of sp³-hybridized carbons (Fsp3) is 0.231. The van der Waals surface area contributed by atoms with Crippen LogP contribution in [0.25, 0.3) is 0 Å². The summed E-state index contributed by atoms with van der Waals surface area (Å²) in [5.41, 5.74) is 1.87. The number of hydroxylamine groups is 1. The van der Waals surface area contributed by atoms with Gasteiger partial charge in [0.1, 0.15) is 12.0 Å². The number of anilines is 2. The van der Waals surface area contributed by atoms with Crippen LogP contribution in [0.3, 0.4) is 0 Å². The van der Waals surface area contributed by atoms with Crippen molar-refractivity contribution in [2.75, 3.05) is 31.3 Å². The fourth-order valence-corrected chi connectivity index (χ4v) is 4.72. The number of carbonyl (C=O) groups excluding carboxylic acids is 2. The molecule has 2 amide bonds. The number of hydrogen-bond donors (Lipinski definition) is 0. The molecule has 0 bridgehead atoms. The highest BCUT2D eigenvalue weighted by Gasteiger charge is 2.61. The number of amides is 2. The highest BCUT2D eigenvalue weighted by molar-refractivity contribution is 6.23. The standard InChI is InChI=1S/C26H24N2O6/c1-31-19-15-14-18(22(32-2)23(19)33-3)21-20-24(34-28(21)17-12-8-5-9-13-17)26(30)27(25(20)29)16-10-6-4-7-11-16/h4-15,20-21,24H,1-3H3/t20-,21+,24+/m1/s1. The summed E-state index contributed by atoms with van der Waals surface area (Å²) in [4.78, 5) is 34.5. The van der Waals surface area contributed by atoms with Gasteiger partial charge in [-0.25, -0.2) is 9.96 Å². The van der Waals surface area contributed by atoms with Crippen molar-refractivity contribution in [2.45, 2.75) is 12.1 Å². The SMILES string of the molecule is COc1ccc([C@H]2[C@H]3C(=O)N(c4ccccc4)C(=O)[C@H]3ON2c2ccccc2)c(OC)c1OC. The van der Waals surface area contributed by atoms with Gasteiger partial charge in [-0.3, -0.25) is 14.4 Å². The van der Waals surface area contributed by atoms with Crippen LogP contribution in [0.1, 0.15) is 11.6 Å². The average Bonchev–Trinajstić information content (AvgIpc) is 3.39. The zero-order chi connectivity index (χ0) is 23.8. The number of carbonyl (C=O) groups is 2.